The van der Waals surface area contributed by atoms with Gasteiger partial charge in [0.2, 0.25) is 0 Å². The van der Waals surface area contributed by atoms with Gasteiger partial charge in [0.25, 0.3) is 5.91 Å². The van der Waals surface area contributed by atoms with Crippen molar-refractivity contribution in [3.63, 3.8) is 0 Å². The van der Waals surface area contributed by atoms with Crippen molar-refractivity contribution in [3.8, 4) is 0 Å². The molecule has 1 N–H and O–H groups in total. The van der Waals surface area contributed by atoms with Crippen molar-refractivity contribution < 1.29 is 9.32 Å². The molecule has 3 aromatic rings. The number of nitrogens with one attached hydrogen (secondary N) is 1. The summed E-state index contributed by atoms with van der Waals surface area (Å²) in [5.74, 6) is 1.36. The molecule has 0 fully saturated rings. The molecule has 2 aromatic heterocycles. The van der Waals surface area contributed by atoms with E-state index in [0.29, 0.717) is 17.4 Å². The van der Waals surface area contributed by atoms with Crippen LogP contribution >= 0.6 is 0 Å². The molecule has 0 spiro atoms. The second-order valence-electron chi connectivity index (χ2n) is 5.92. The summed E-state index contributed by atoms with van der Waals surface area (Å²) in [7, 11) is 0. The van der Waals surface area contributed by atoms with E-state index in [0.717, 1.165) is 25.1 Å². The predicted octanol–water partition coefficient (Wildman–Crippen LogP) is 3.11. The van der Waals surface area contributed by atoms with Crippen molar-refractivity contribution in [3.05, 3.63) is 59.7 Å². The van der Waals surface area contributed by atoms with Crippen molar-refractivity contribution in [1.29, 1.82) is 0 Å². The summed E-state index contributed by atoms with van der Waals surface area (Å²) in [6, 6.07) is 11.6. The van der Waals surface area contributed by atoms with E-state index in [1.165, 1.54) is 11.9 Å². The number of anilines is 3. The van der Waals surface area contributed by atoms with E-state index < -0.39 is 0 Å². The van der Waals surface area contributed by atoms with E-state index in [9.17, 15) is 4.79 Å². The van der Waals surface area contributed by atoms with Crippen LogP contribution in [0.4, 0.5) is 17.3 Å². The Bertz CT molecular complexity index is 921. The van der Waals surface area contributed by atoms with Gasteiger partial charge < -0.3 is 14.7 Å². The zero-order valence-corrected chi connectivity index (χ0v) is 13.8. The van der Waals surface area contributed by atoms with Crippen molar-refractivity contribution in [1.82, 2.24) is 15.1 Å². The van der Waals surface area contributed by atoms with Gasteiger partial charge in [0.1, 0.15) is 23.6 Å². The van der Waals surface area contributed by atoms with Crippen molar-refractivity contribution in [2.45, 2.75) is 19.8 Å². The second-order valence-corrected chi connectivity index (χ2v) is 5.92. The monoisotopic (exact) mass is 335 g/mol. The summed E-state index contributed by atoms with van der Waals surface area (Å²) < 4.78 is 4.95. The maximum Gasteiger partial charge on any atom is 0.275 e. The first kappa shape index (κ1) is 15.3. The number of nitrogens with zero attached hydrogens (tertiary/aromatic N) is 4. The molecule has 1 amide bonds. The fourth-order valence-electron chi connectivity index (χ4n) is 3.00. The van der Waals surface area contributed by atoms with Gasteiger partial charge in [0.15, 0.2) is 5.82 Å². The largest absolute Gasteiger partial charge is 0.360 e. The van der Waals surface area contributed by atoms with Crippen LogP contribution in [0.2, 0.25) is 0 Å². The first-order valence-electron chi connectivity index (χ1n) is 8.13. The van der Waals surface area contributed by atoms with Gasteiger partial charge in [-0.3, -0.25) is 4.79 Å². The number of aromatic nitrogens is 3. The number of carbonyl (C=O) groups excluding carboxylic acids is 1. The molecular weight excluding hydrogens is 318 g/mol. The molecule has 1 aromatic carbocycles. The molecule has 7 nitrogen and oxygen atoms in total. The number of amides is 1. The molecule has 25 heavy (non-hydrogen) atoms. The van der Waals surface area contributed by atoms with Crippen LogP contribution < -0.4 is 10.2 Å². The molecule has 3 heterocycles. The highest BCUT2D eigenvalue weighted by molar-refractivity contribution is 6.02. The fraction of sp³-hybridized carbons (Fsp3) is 0.222. The minimum Gasteiger partial charge on any atom is -0.360 e. The normalized spacial score (nSPS) is 13.4. The first-order chi connectivity index (χ1) is 12.2. The maximum absolute atomic E-state index is 12.4. The average Bonchev–Trinajstić information content (AvgIpc) is 3.06. The topological polar surface area (TPSA) is 84.2 Å². The van der Waals surface area contributed by atoms with Gasteiger partial charge in [-0.2, -0.15) is 0 Å². The summed E-state index contributed by atoms with van der Waals surface area (Å²) >= 11 is 0. The van der Waals surface area contributed by atoms with Gasteiger partial charge in [0.05, 0.1) is 0 Å². The number of para-hydroxylation sites is 1. The molecular formula is C18H17N5O2. The van der Waals surface area contributed by atoms with E-state index in [1.807, 2.05) is 12.1 Å². The van der Waals surface area contributed by atoms with Gasteiger partial charge in [-0.25, -0.2) is 9.97 Å². The third kappa shape index (κ3) is 3.08. The molecule has 0 saturated heterocycles. The standard InChI is InChI=1S/C18H17N5O2/c1-12-9-16(22-25-12)21-18(24)14-10-17(20-11-19-14)23-8-4-6-13-5-2-3-7-15(13)23/h2-3,5,7,9-11H,4,6,8H2,1H3,(H,21,22,24). The molecule has 4 rings (SSSR count). The molecule has 0 saturated carbocycles. The summed E-state index contributed by atoms with van der Waals surface area (Å²) in [4.78, 5) is 23.0. The minimum absolute atomic E-state index is 0.286. The SMILES string of the molecule is Cc1cc(NC(=O)c2cc(N3CCCc4ccccc43)ncn2)no1. The minimum atomic E-state index is -0.345. The van der Waals surface area contributed by atoms with Crippen molar-refractivity contribution in [2.24, 2.45) is 0 Å². The van der Waals surface area contributed by atoms with Crippen LogP contribution in [0.15, 0.2) is 47.2 Å². The number of hydrogen-bond acceptors (Lipinski definition) is 6. The highest BCUT2D eigenvalue weighted by Gasteiger charge is 2.20. The van der Waals surface area contributed by atoms with Gasteiger partial charge in [-0.15, -0.1) is 0 Å². The second kappa shape index (κ2) is 6.35. The van der Waals surface area contributed by atoms with Gasteiger partial charge in [-0.05, 0) is 31.4 Å². The lowest BCUT2D eigenvalue weighted by molar-refractivity contribution is 0.102. The van der Waals surface area contributed by atoms with Crippen LogP contribution in [0.1, 0.15) is 28.2 Å². The molecule has 7 heteroatoms. The lowest BCUT2D eigenvalue weighted by atomic mass is 10.0. The molecule has 1 aliphatic rings. The molecule has 0 bridgehead atoms. The maximum atomic E-state index is 12.4. The summed E-state index contributed by atoms with van der Waals surface area (Å²) in [5, 5.41) is 6.44. The Labute approximate surface area is 144 Å². The Morgan fingerprint density at radius 2 is 2.12 bits per heavy atom. The molecule has 0 atom stereocenters. The Kier molecular flexibility index (Phi) is 3.89. The van der Waals surface area contributed by atoms with Crippen molar-refractivity contribution >= 4 is 23.2 Å². The molecule has 126 valence electrons. The Morgan fingerprint density at radius 1 is 1.24 bits per heavy atom. The smallest absolute Gasteiger partial charge is 0.275 e. The van der Waals surface area contributed by atoms with E-state index in [4.69, 9.17) is 4.52 Å². The third-order valence-corrected chi connectivity index (χ3v) is 4.14. The fourth-order valence-corrected chi connectivity index (χ4v) is 3.00. The number of rotatable bonds is 3. The number of aryl methyl sites for hydroxylation is 2. The predicted molar refractivity (Wildman–Crippen MR) is 93.0 cm³/mol. The Hall–Kier alpha value is -3.22. The van der Waals surface area contributed by atoms with Gasteiger partial charge in [0, 0.05) is 24.4 Å². The average molecular weight is 335 g/mol. The lowest BCUT2D eigenvalue weighted by Crippen LogP contribution is -2.26. The summed E-state index contributed by atoms with van der Waals surface area (Å²) in [5.41, 5.74) is 2.70. The number of hydrogen-bond donors (Lipinski definition) is 1. The van der Waals surface area contributed by atoms with Gasteiger partial charge >= 0.3 is 0 Å². The number of carbonyl (C=O) groups is 1. The highest BCUT2D eigenvalue weighted by atomic mass is 16.5. The highest BCUT2D eigenvalue weighted by Crippen LogP contribution is 2.32. The first-order valence-corrected chi connectivity index (χ1v) is 8.13. The van der Waals surface area contributed by atoms with Crippen LogP contribution in [-0.2, 0) is 6.42 Å². The Morgan fingerprint density at radius 3 is 2.96 bits per heavy atom. The molecule has 0 radical (unpaired) electrons. The van der Waals surface area contributed by atoms with Crippen LogP contribution in [0, 0.1) is 6.92 Å². The lowest BCUT2D eigenvalue weighted by Gasteiger charge is -2.30. The quantitative estimate of drug-likeness (QED) is 0.792. The van der Waals surface area contributed by atoms with E-state index >= 15 is 0 Å². The van der Waals surface area contributed by atoms with E-state index in [2.05, 4.69) is 37.5 Å². The third-order valence-electron chi connectivity index (χ3n) is 4.14. The number of benzene rings is 1. The molecule has 1 aliphatic heterocycles. The van der Waals surface area contributed by atoms with Gasteiger partial charge in [-0.1, -0.05) is 23.4 Å². The summed E-state index contributed by atoms with van der Waals surface area (Å²) in [6.07, 6.45) is 3.51. The summed E-state index contributed by atoms with van der Waals surface area (Å²) in [6.45, 7) is 2.62. The van der Waals surface area contributed by atoms with Crippen molar-refractivity contribution in [2.75, 3.05) is 16.8 Å². The Balaban J connectivity index is 1.61. The molecule has 0 aliphatic carbocycles. The van der Waals surface area contributed by atoms with Crippen LogP contribution in [0.3, 0.4) is 0 Å². The zero-order valence-electron chi connectivity index (χ0n) is 13.8. The van der Waals surface area contributed by atoms with Crippen LogP contribution in [0.5, 0.6) is 0 Å². The van der Waals surface area contributed by atoms with E-state index in [-0.39, 0.29) is 11.6 Å². The zero-order chi connectivity index (χ0) is 17.2. The molecule has 0 unspecified atom stereocenters. The van der Waals surface area contributed by atoms with E-state index in [1.54, 1.807) is 19.1 Å². The number of fused-ring (bicyclic) bond motifs is 1. The van der Waals surface area contributed by atoms with Crippen LogP contribution in [-0.4, -0.2) is 27.6 Å². The van der Waals surface area contributed by atoms with Crippen LogP contribution in [0.25, 0.3) is 0 Å².